The van der Waals surface area contributed by atoms with E-state index in [9.17, 15) is 4.79 Å². The Hall–Kier alpha value is -1.21. The van der Waals surface area contributed by atoms with Crippen LogP contribution in [0.25, 0.3) is 0 Å². The number of β-amino-alcohol motifs (C(OH)–C–C–N with tert-alkyl or cyclic N) is 1. The van der Waals surface area contributed by atoms with E-state index in [1.807, 2.05) is 0 Å². The summed E-state index contributed by atoms with van der Waals surface area (Å²) >= 11 is 11.8. The molecule has 1 aromatic carbocycles. The van der Waals surface area contributed by atoms with Gasteiger partial charge in [-0.25, -0.2) is 4.79 Å². The zero-order valence-corrected chi connectivity index (χ0v) is 13.6. The highest BCUT2D eigenvalue weighted by molar-refractivity contribution is 6.35. The van der Waals surface area contributed by atoms with Gasteiger partial charge in [0.2, 0.25) is 0 Å². The number of amides is 2. The second-order valence-electron chi connectivity index (χ2n) is 4.90. The van der Waals surface area contributed by atoms with Crippen LogP contribution < -0.4 is 10.1 Å². The van der Waals surface area contributed by atoms with Crippen molar-refractivity contribution in [3.8, 4) is 5.75 Å². The van der Waals surface area contributed by atoms with Crippen LogP contribution in [0.4, 0.5) is 4.79 Å². The predicted molar refractivity (Wildman–Crippen MR) is 85.6 cm³/mol. The van der Waals surface area contributed by atoms with Crippen LogP contribution in [0, 0.1) is 0 Å². The molecule has 1 aromatic rings. The quantitative estimate of drug-likeness (QED) is 0.795. The number of piperazine rings is 1. The number of carbonyl (C=O) groups excluding carboxylic acids is 1. The Balaban J connectivity index is 1.72. The van der Waals surface area contributed by atoms with Crippen molar-refractivity contribution in [1.82, 2.24) is 15.1 Å². The molecular weight excluding hydrogens is 329 g/mol. The highest BCUT2D eigenvalue weighted by Crippen LogP contribution is 2.27. The summed E-state index contributed by atoms with van der Waals surface area (Å²) in [5, 5.41) is 12.5. The third-order valence-electron chi connectivity index (χ3n) is 3.42. The Morgan fingerprint density at radius 3 is 2.64 bits per heavy atom. The van der Waals surface area contributed by atoms with Gasteiger partial charge >= 0.3 is 6.03 Å². The Labute approximate surface area is 139 Å². The lowest BCUT2D eigenvalue weighted by Crippen LogP contribution is -2.52. The Kier molecular flexibility index (Phi) is 6.57. The van der Waals surface area contributed by atoms with Gasteiger partial charge in [0.1, 0.15) is 5.75 Å². The van der Waals surface area contributed by atoms with E-state index in [0.717, 1.165) is 13.1 Å². The Morgan fingerprint density at radius 2 is 2.00 bits per heavy atom. The van der Waals surface area contributed by atoms with Crippen molar-refractivity contribution in [3.05, 3.63) is 28.2 Å². The molecule has 0 radical (unpaired) electrons. The number of rotatable bonds is 5. The molecular formula is C14H19Cl2N3O3. The van der Waals surface area contributed by atoms with Crippen molar-refractivity contribution < 1.29 is 14.6 Å². The van der Waals surface area contributed by atoms with E-state index < -0.39 is 0 Å². The maximum absolute atomic E-state index is 12.0. The van der Waals surface area contributed by atoms with Crippen molar-refractivity contribution in [1.29, 1.82) is 0 Å². The summed E-state index contributed by atoms with van der Waals surface area (Å²) in [5.74, 6) is 0.471. The molecule has 1 heterocycles. The summed E-state index contributed by atoms with van der Waals surface area (Å²) in [6.07, 6.45) is 0. The molecule has 122 valence electrons. The first-order valence-corrected chi connectivity index (χ1v) is 7.79. The van der Waals surface area contributed by atoms with E-state index in [1.54, 1.807) is 23.1 Å². The molecule has 0 bridgehead atoms. The number of ether oxygens (including phenoxy) is 1. The van der Waals surface area contributed by atoms with Gasteiger partial charge in [0, 0.05) is 37.7 Å². The Morgan fingerprint density at radius 1 is 1.27 bits per heavy atom. The first-order valence-electron chi connectivity index (χ1n) is 7.04. The van der Waals surface area contributed by atoms with E-state index >= 15 is 0 Å². The first kappa shape index (κ1) is 17.1. The van der Waals surface area contributed by atoms with Crippen molar-refractivity contribution in [3.63, 3.8) is 0 Å². The number of nitrogens with zero attached hydrogens (tertiary/aromatic N) is 2. The average molecular weight is 348 g/mol. The van der Waals surface area contributed by atoms with E-state index in [-0.39, 0.29) is 19.4 Å². The lowest BCUT2D eigenvalue weighted by molar-refractivity contribution is 0.119. The normalized spacial score (nSPS) is 15.7. The molecule has 0 aliphatic carbocycles. The number of aliphatic hydroxyl groups is 1. The smallest absolute Gasteiger partial charge is 0.320 e. The van der Waals surface area contributed by atoms with Crippen molar-refractivity contribution in [2.24, 2.45) is 0 Å². The first-order chi connectivity index (χ1) is 10.6. The van der Waals surface area contributed by atoms with E-state index in [2.05, 4.69) is 10.2 Å². The summed E-state index contributed by atoms with van der Waals surface area (Å²) in [7, 11) is 0. The van der Waals surface area contributed by atoms with Crippen LogP contribution >= 0.6 is 23.2 Å². The topological polar surface area (TPSA) is 65.0 Å². The van der Waals surface area contributed by atoms with E-state index in [0.29, 0.717) is 35.4 Å². The average Bonchev–Trinajstić information content (AvgIpc) is 2.50. The minimum atomic E-state index is -0.172. The van der Waals surface area contributed by atoms with Crippen LogP contribution in [-0.2, 0) is 0 Å². The van der Waals surface area contributed by atoms with Gasteiger partial charge in [0.25, 0.3) is 0 Å². The second kappa shape index (κ2) is 8.43. The molecule has 6 nitrogen and oxygen atoms in total. The number of urea groups is 1. The number of hydrogen-bond donors (Lipinski definition) is 2. The summed E-state index contributed by atoms with van der Waals surface area (Å²) in [4.78, 5) is 15.8. The van der Waals surface area contributed by atoms with Gasteiger partial charge < -0.3 is 20.1 Å². The van der Waals surface area contributed by atoms with Crippen LogP contribution in [-0.4, -0.2) is 67.0 Å². The fourth-order valence-electron chi connectivity index (χ4n) is 2.20. The number of carbonyl (C=O) groups is 1. The molecule has 0 unspecified atom stereocenters. The maximum atomic E-state index is 12.0. The molecule has 1 saturated heterocycles. The lowest BCUT2D eigenvalue weighted by atomic mass is 10.3. The molecule has 1 aliphatic heterocycles. The van der Waals surface area contributed by atoms with Crippen LogP contribution in [0.2, 0.25) is 10.0 Å². The van der Waals surface area contributed by atoms with Crippen LogP contribution in [0.1, 0.15) is 0 Å². The van der Waals surface area contributed by atoms with Crippen LogP contribution in [0.15, 0.2) is 18.2 Å². The van der Waals surface area contributed by atoms with Crippen molar-refractivity contribution in [2.45, 2.75) is 0 Å². The molecule has 8 heteroatoms. The molecule has 0 spiro atoms. The maximum Gasteiger partial charge on any atom is 0.320 e. The molecule has 2 rings (SSSR count). The standard InChI is InChI=1S/C14H19Cl2N3O3/c15-11-1-2-13(12(16)9-11)22-10-17-14(21)19-5-3-18(4-6-19)7-8-20/h1-2,9,20H,3-8,10H2,(H,17,21). The van der Waals surface area contributed by atoms with Gasteiger partial charge in [-0.1, -0.05) is 23.2 Å². The van der Waals surface area contributed by atoms with Crippen LogP contribution in [0.5, 0.6) is 5.75 Å². The lowest BCUT2D eigenvalue weighted by Gasteiger charge is -2.34. The molecule has 0 saturated carbocycles. The summed E-state index contributed by atoms with van der Waals surface area (Å²) < 4.78 is 5.42. The fourth-order valence-corrected chi connectivity index (χ4v) is 2.66. The van der Waals surface area contributed by atoms with E-state index in [1.165, 1.54) is 0 Å². The molecule has 2 N–H and O–H groups in total. The van der Waals surface area contributed by atoms with Crippen molar-refractivity contribution >= 4 is 29.2 Å². The summed E-state index contributed by atoms with van der Waals surface area (Å²) in [6.45, 7) is 3.61. The van der Waals surface area contributed by atoms with Gasteiger partial charge in [-0.2, -0.15) is 0 Å². The van der Waals surface area contributed by atoms with Gasteiger partial charge in [-0.3, -0.25) is 4.90 Å². The van der Waals surface area contributed by atoms with Crippen LogP contribution in [0.3, 0.4) is 0 Å². The largest absolute Gasteiger partial charge is 0.472 e. The molecule has 1 aliphatic rings. The summed E-state index contributed by atoms with van der Waals surface area (Å²) in [6, 6.07) is 4.74. The van der Waals surface area contributed by atoms with E-state index in [4.69, 9.17) is 33.0 Å². The highest BCUT2D eigenvalue weighted by Gasteiger charge is 2.20. The summed E-state index contributed by atoms with van der Waals surface area (Å²) in [5.41, 5.74) is 0. The highest BCUT2D eigenvalue weighted by atomic mass is 35.5. The second-order valence-corrected chi connectivity index (χ2v) is 5.74. The van der Waals surface area contributed by atoms with Gasteiger partial charge in [0.15, 0.2) is 6.73 Å². The third kappa shape index (κ3) is 4.91. The molecule has 2 amide bonds. The van der Waals surface area contributed by atoms with Gasteiger partial charge in [-0.05, 0) is 18.2 Å². The SMILES string of the molecule is O=C(NCOc1ccc(Cl)cc1Cl)N1CCN(CCO)CC1. The number of nitrogens with one attached hydrogen (secondary N) is 1. The molecule has 1 fully saturated rings. The van der Waals surface area contributed by atoms with Gasteiger partial charge in [-0.15, -0.1) is 0 Å². The zero-order valence-electron chi connectivity index (χ0n) is 12.1. The number of aliphatic hydroxyl groups excluding tert-OH is 1. The predicted octanol–water partition coefficient (Wildman–Crippen LogP) is 1.65. The molecule has 22 heavy (non-hydrogen) atoms. The fraction of sp³-hybridized carbons (Fsp3) is 0.500. The Bertz CT molecular complexity index is 508. The minimum Gasteiger partial charge on any atom is -0.472 e. The number of hydrogen-bond acceptors (Lipinski definition) is 4. The number of benzene rings is 1. The third-order valence-corrected chi connectivity index (χ3v) is 3.95. The molecule has 0 aromatic heterocycles. The minimum absolute atomic E-state index is 0.0387. The zero-order chi connectivity index (χ0) is 15.9. The van der Waals surface area contributed by atoms with Crippen molar-refractivity contribution in [2.75, 3.05) is 46.1 Å². The number of halogens is 2. The monoisotopic (exact) mass is 347 g/mol. The molecule has 0 atom stereocenters. The van der Waals surface area contributed by atoms with Gasteiger partial charge in [0.05, 0.1) is 11.6 Å².